The van der Waals surface area contributed by atoms with E-state index in [1.54, 1.807) is 0 Å². The van der Waals surface area contributed by atoms with Gasteiger partial charge in [-0.25, -0.2) is 9.83 Å². The van der Waals surface area contributed by atoms with Crippen molar-refractivity contribution in [3.05, 3.63) is 29.7 Å². The molecule has 12 heavy (non-hydrogen) atoms. The Morgan fingerprint density at radius 2 is 2.25 bits per heavy atom. The number of hydrogen-bond acceptors (Lipinski definition) is 3. The molecule has 0 aliphatic rings. The largest absolute Gasteiger partial charge is 0.348 e. The molecule has 0 saturated carbocycles. The highest BCUT2D eigenvalue weighted by molar-refractivity contribution is 7.86. The number of pyridine rings is 1. The van der Waals surface area contributed by atoms with Crippen LogP contribution in [0.4, 0.5) is 9.57 Å². The van der Waals surface area contributed by atoms with Gasteiger partial charge in [0.25, 0.3) is 0 Å². The fourth-order valence-electron chi connectivity index (χ4n) is 0.602. The molecule has 4 nitrogen and oxygen atoms in total. The lowest BCUT2D eigenvalue weighted by molar-refractivity contribution is 0.548. The van der Waals surface area contributed by atoms with Gasteiger partial charge in [-0.2, -0.15) is 8.42 Å². The van der Waals surface area contributed by atoms with Crippen LogP contribution in [0.3, 0.4) is 0 Å². The summed E-state index contributed by atoms with van der Waals surface area (Å²) in [5, 5.41) is -0.726. The monoisotopic (exact) mass is 186 g/mol. The summed E-state index contributed by atoms with van der Waals surface area (Å²) in [6.45, 7) is 6.52. The summed E-state index contributed by atoms with van der Waals surface area (Å²) in [6.07, 6.45) is 1.07. The van der Waals surface area contributed by atoms with E-state index >= 15 is 0 Å². The molecule has 62 valence electrons. The predicted octanol–water partition coefficient (Wildman–Crippen LogP) is 1.29. The number of nitrogens with zero attached hydrogens (tertiary/aromatic N) is 2. The Morgan fingerprint density at radius 3 is 2.75 bits per heavy atom. The van der Waals surface area contributed by atoms with Gasteiger partial charge in [0, 0.05) is 6.20 Å². The molecule has 0 aliphatic carbocycles. The SMILES string of the molecule is [C-]#[N+]c1ccnc(S(=O)(=O)F)c1. The second-order valence-electron chi connectivity index (χ2n) is 1.90. The minimum absolute atomic E-state index is 0.0428. The second-order valence-corrected chi connectivity index (χ2v) is 3.20. The van der Waals surface area contributed by atoms with Gasteiger partial charge < -0.3 is 0 Å². The van der Waals surface area contributed by atoms with E-state index < -0.39 is 15.2 Å². The topological polar surface area (TPSA) is 51.4 Å². The minimum atomic E-state index is -4.79. The first-order valence-electron chi connectivity index (χ1n) is 2.82. The quantitative estimate of drug-likeness (QED) is 0.490. The van der Waals surface area contributed by atoms with Crippen LogP contribution in [-0.4, -0.2) is 13.4 Å². The lowest BCUT2D eigenvalue weighted by atomic mass is 10.4. The molecule has 1 aromatic heterocycles. The van der Waals surface area contributed by atoms with Gasteiger partial charge in [-0.15, -0.1) is 0 Å². The lowest BCUT2D eigenvalue weighted by Gasteiger charge is -1.92. The van der Waals surface area contributed by atoms with E-state index in [2.05, 4.69) is 9.83 Å². The van der Waals surface area contributed by atoms with Crippen LogP contribution in [0.25, 0.3) is 4.85 Å². The van der Waals surface area contributed by atoms with Crippen molar-refractivity contribution >= 4 is 15.9 Å². The zero-order chi connectivity index (χ0) is 9.19. The third-order valence-electron chi connectivity index (χ3n) is 1.10. The van der Waals surface area contributed by atoms with Crippen LogP contribution in [0.2, 0.25) is 0 Å². The van der Waals surface area contributed by atoms with E-state index in [0.29, 0.717) is 0 Å². The summed E-state index contributed by atoms with van der Waals surface area (Å²) in [5.41, 5.74) is 0.0428. The van der Waals surface area contributed by atoms with E-state index in [0.717, 1.165) is 12.3 Å². The minimum Gasteiger partial charge on any atom is -0.245 e. The summed E-state index contributed by atoms with van der Waals surface area (Å²) in [6, 6.07) is 2.17. The first-order valence-corrected chi connectivity index (χ1v) is 4.20. The molecule has 1 heterocycles. The maximum Gasteiger partial charge on any atom is 0.348 e. The van der Waals surface area contributed by atoms with Crippen molar-refractivity contribution in [3.63, 3.8) is 0 Å². The molecule has 1 rings (SSSR count). The van der Waals surface area contributed by atoms with Crippen molar-refractivity contribution in [2.45, 2.75) is 5.03 Å². The van der Waals surface area contributed by atoms with E-state index in [9.17, 15) is 12.3 Å². The van der Waals surface area contributed by atoms with Crippen molar-refractivity contribution in [2.75, 3.05) is 0 Å². The molecule has 0 atom stereocenters. The van der Waals surface area contributed by atoms with Crippen LogP contribution in [0, 0.1) is 6.57 Å². The van der Waals surface area contributed by atoms with Crippen LogP contribution in [0.5, 0.6) is 0 Å². The second kappa shape index (κ2) is 2.87. The average Bonchev–Trinajstić information content (AvgIpc) is 2.03. The van der Waals surface area contributed by atoms with E-state index in [1.165, 1.54) is 6.07 Å². The molecule has 0 aliphatic heterocycles. The normalized spacial score (nSPS) is 10.7. The molecule has 0 spiro atoms. The molecular formula is C6H3FN2O2S. The van der Waals surface area contributed by atoms with Crippen LogP contribution in [-0.2, 0) is 10.2 Å². The van der Waals surface area contributed by atoms with Crippen molar-refractivity contribution in [1.29, 1.82) is 0 Å². The predicted molar refractivity (Wildman–Crippen MR) is 38.8 cm³/mol. The van der Waals surface area contributed by atoms with Gasteiger partial charge in [-0.05, 0) is 12.1 Å². The van der Waals surface area contributed by atoms with Crippen LogP contribution >= 0.6 is 0 Å². The highest BCUT2D eigenvalue weighted by atomic mass is 32.3. The van der Waals surface area contributed by atoms with Crippen molar-refractivity contribution < 1.29 is 12.3 Å². The van der Waals surface area contributed by atoms with E-state index in [-0.39, 0.29) is 5.69 Å². The van der Waals surface area contributed by atoms with Gasteiger partial charge in [-0.3, -0.25) is 0 Å². The molecule has 1 aromatic rings. The average molecular weight is 186 g/mol. The van der Waals surface area contributed by atoms with E-state index in [4.69, 9.17) is 6.57 Å². The van der Waals surface area contributed by atoms with Crippen LogP contribution in [0.15, 0.2) is 23.4 Å². The third kappa shape index (κ3) is 1.77. The third-order valence-corrected chi connectivity index (χ3v) is 1.82. The molecule has 0 amide bonds. The molecule has 0 fully saturated rings. The molecule has 0 unspecified atom stereocenters. The summed E-state index contributed by atoms with van der Waals surface area (Å²) in [7, 11) is -4.79. The fourth-order valence-corrected chi connectivity index (χ4v) is 1.05. The van der Waals surface area contributed by atoms with Gasteiger partial charge in [0.05, 0.1) is 6.57 Å². The summed E-state index contributed by atoms with van der Waals surface area (Å²) >= 11 is 0. The Morgan fingerprint density at radius 1 is 1.58 bits per heavy atom. The first kappa shape index (κ1) is 8.62. The zero-order valence-electron chi connectivity index (χ0n) is 5.73. The highest BCUT2D eigenvalue weighted by Gasteiger charge is 2.13. The van der Waals surface area contributed by atoms with Gasteiger partial charge in [0.15, 0.2) is 10.7 Å². The number of halogens is 1. The molecule has 0 N–H and O–H groups in total. The number of hydrogen-bond donors (Lipinski definition) is 0. The van der Waals surface area contributed by atoms with Gasteiger partial charge >= 0.3 is 10.2 Å². The summed E-state index contributed by atoms with van der Waals surface area (Å²) in [5.74, 6) is 0. The maximum atomic E-state index is 12.2. The smallest absolute Gasteiger partial charge is 0.245 e. The molecule has 0 aromatic carbocycles. The highest BCUT2D eigenvalue weighted by Crippen LogP contribution is 2.16. The molecule has 0 saturated heterocycles. The standard InChI is InChI=1S/C6H3FN2O2S/c1-8-5-2-3-9-6(4-5)12(7,10)11/h2-4H. The molecule has 0 radical (unpaired) electrons. The number of rotatable bonds is 1. The first-order chi connectivity index (χ1) is 5.54. The van der Waals surface area contributed by atoms with Gasteiger partial charge in [0.1, 0.15) is 0 Å². The Balaban J connectivity index is 3.32. The maximum absolute atomic E-state index is 12.2. The van der Waals surface area contributed by atoms with Gasteiger partial charge in [-0.1, -0.05) is 3.89 Å². The van der Waals surface area contributed by atoms with E-state index in [1.807, 2.05) is 0 Å². The zero-order valence-corrected chi connectivity index (χ0v) is 6.55. The van der Waals surface area contributed by atoms with Crippen molar-refractivity contribution in [3.8, 4) is 0 Å². The number of aromatic nitrogens is 1. The Kier molecular flexibility index (Phi) is 2.06. The summed E-state index contributed by atoms with van der Waals surface area (Å²) in [4.78, 5) is 6.18. The summed E-state index contributed by atoms with van der Waals surface area (Å²) < 4.78 is 32.8. The molecule has 6 heteroatoms. The van der Waals surface area contributed by atoms with Crippen LogP contribution < -0.4 is 0 Å². The van der Waals surface area contributed by atoms with Crippen molar-refractivity contribution in [2.24, 2.45) is 0 Å². The molecule has 0 bridgehead atoms. The Bertz CT molecular complexity index is 435. The fraction of sp³-hybridized carbons (Fsp3) is 0. The lowest BCUT2D eigenvalue weighted by Crippen LogP contribution is -1.94. The Labute approximate surface area is 68.7 Å². The van der Waals surface area contributed by atoms with Crippen molar-refractivity contribution in [1.82, 2.24) is 4.98 Å². The van der Waals surface area contributed by atoms with Crippen LogP contribution in [0.1, 0.15) is 0 Å². The van der Waals surface area contributed by atoms with Gasteiger partial charge in [0.2, 0.25) is 0 Å². The molecular weight excluding hydrogens is 183 g/mol. The Hall–Kier alpha value is -1.48.